The second-order valence-corrected chi connectivity index (χ2v) is 6.78. The van der Waals surface area contributed by atoms with Gasteiger partial charge in [-0.3, -0.25) is 0 Å². The van der Waals surface area contributed by atoms with Crippen LogP contribution in [0.25, 0.3) is 0 Å². The molecule has 2 rings (SSSR count). The maximum atomic E-state index is 12.1. The van der Waals surface area contributed by atoms with Crippen LogP contribution in [0.5, 0.6) is 0 Å². The van der Waals surface area contributed by atoms with Crippen LogP contribution in [-0.4, -0.2) is 19.6 Å². The molecule has 21 heavy (non-hydrogen) atoms. The highest BCUT2D eigenvalue weighted by atomic mass is 32.2. The van der Waals surface area contributed by atoms with E-state index in [9.17, 15) is 13.5 Å². The molecule has 0 saturated heterocycles. The zero-order chi connectivity index (χ0) is 15.3. The standard InChI is InChI=1S/C17H18O3S/c1-14-7-9-17(10-8-14)21(19,20)12-11-16(18)13-15-5-3-2-4-6-15/h2-12,16,18H,13H2,1H3/b12-11+/t16-/m1/s1. The average Bonchev–Trinajstić information content (AvgIpc) is 2.47. The highest BCUT2D eigenvalue weighted by Crippen LogP contribution is 2.14. The lowest BCUT2D eigenvalue weighted by molar-refractivity contribution is 0.224. The SMILES string of the molecule is Cc1ccc(S(=O)(=O)/C=C/[C@@H](O)Cc2ccccc2)cc1. The summed E-state index contributed by atoms with van der Waals surface area (Å²) >= 11 is 0. The van der Waals surface area contributed by atoms with E-state index in [-0.39, 0.29) is 4.90 Å². The van der Waals surface area contributed by atoms with Crippen molar-refractivity contribution in [1.82, 2.24) is 0 Å². The second-order valence-electron chi connectivity index (χ2n) is 4.94. The van der Waals surface area contributed by atoms with Crippen molar-refractivity contribution in [1.29, 1.82) is 0 Å². The number of hydrogen-bond acceptors (Lipinski definition) is 3. The van der Waals surface area contributed by atoms with Gasteiger partial charge in [-0.2, -0.15) is 0 Å². The van der Waals surface area contributed by atoms with Gasteiger partial charge < -0.3 is 5.11 Å². The third kappa shape index (κ3) is 4.55. The molecule has 0 radical (unpaired) electrons. The molecule has 0 heterocycles. The van der Waals surface area contributed by atoms with Crippen molar-refractivity contribution in [3.05, 3.63) is 77.2 Å². The van der Waals surface area contributed by atoms with E-state index in [2.05, 4.69) is 0 Å². The minimum Gasteiger partial charge on any atom is -0.389 e. The Morgan fingerprint density at radius 1 is 1.05 bits per heavy atom. The van der Waals surface area contributed by atoms with Crippen molar-refractivity contribution in [3.63, 3.8) is 0 Å². The van der Waals surface area contributed by atoms with E-state index in [1.54, 1.807) is 24.3 Å². The summed E-state index contributed by atoms with van der Waals surface area (Å²) in [5.41, 5.74) is 1.96. The zero-order valence-corrected chi connectivity index (χ0v) is 12.6. The topological polar surface area (TPSA) is 54.4 Å². The molecule has 1 N–H and O–H groups in total. The fourth-order valence-electron chi connectivity index (χ4n) is 1.92. The van der Waals surface area contributed by atoms with Crippen LogP contribution in [0.1, 0.15) is 11.1 Å². The maximum Gasteiger partial charge on any atom is 0.199 e. The molecule has 4 heteroatoms. The van der Waals surface area contributed by atoms with Crippen LogP contribution in [-0.2, 0) is 16.3 Å². The van der Waals surface area contributed by atoms with E-state index in [0.29, 0.717) is 6.42 Å². The molecule has 1 atom stereocenters. The molecular weight excluding hydrogens is 284 g/mol. The van der Waals surface area contributed by atoms with E-state index in [4.69, 9.17) is 0 Å². The van der Waals surface area contributed by atoms with Gasteiger partial charge in [-0.1, -0.05) is 48.0 Å². The van der Waals surface area contributed by atoms with Gasteiger partial charge in [0.25, 0.3) is 0 Å². The second kappa shape index (κ2) is 6.70. The summed E-state index contributed by atoms with van der Waals surface area (Å²) in [5, 5.41) is 11.0. The first-order valence-electron chi connectivity index (χ1n) is 6.69. The summed E-state index contributed by atoms with van der Waals surface area (Å²) in [6, 6.07) is 16.1. The van der Waals surface area contributed by atoms with Gasteiger partial charge in [0.05, 0.1) is 11.0 Å². The lowest BCUT2D eigenvalue weighted by Crippen LogP contribution is -2.08. The molecule has 2 aromatic rings. The van der Waals surface area contributed by atoms with Crippen LogP contribution < -0.4 is 0 Å². The molecule has 0 unspecified atom stereocenters. The number of hydrogen-bond donors (Lipinski definition) is 1. The minimum atomic E-state index is -3.50. The first-order chi connectivity index (χ1) is 9.97. The van der Waals surface area contributed by atoms with Crippen LogP contribution in [0.2, 0.25) is 0 Å². The van der Waals surface area contributed by atoms with Gasteiger partial charge in [0.2, 0.25) is 0 Å². The Bertz CT molecular complexity index is 701. The highest BCUT2D eigenvalue weighted by molar-refractivity contribution is 7.94. The maximum absolute atomic E-state index is 12.1. The quantitative estimate of drug-likeness (QED) is 0.924. The number of aryl methyl sites for hydroxylation is 1. The lowest BCUT2D eigenvalue weighted by Gasteiger charge is -2.06. The summed E-state index contributed by atoms with van der Waals surface area (Å²) in [5.74, 6) is 0. The van der Waals surface area contributed by atoms with Gasteiger partial charge in [-0.05, 0) is 30.7 Å². The molecular formula is C17H18O3S. The lowest BCUT2D eigenvalue weighted by atomic mass is 10.1. The highest BCUT2D eigenvalue weighted by Gasteiger charge is 2.11. The number of sulfone groups is 1. The van der Waals surface area contributed by atoms with E-state index >= 15 is 0 Å². The van der Waals surface area contributed by atoms with Crippen molar-refractivity contribution in [3.8, 4) is 0 Å². The van der Waals surface area contributed by atoms with Crippen LogP contribution in [0.3, 0.4) is 0 Å². The Balaban J connectivity index is 2.07. The fourth-order valence-corrected chi connectivity index (χ4v) is 2.99. The van der Waals surface area contributed by atoms with Crippen LogP contribution in [0, 0.1) is 6.92 Å². The van der Waals surface area contributed by atoms with Crippen molar-refractivity contribution in [2.45, 2.75) is 24.3 Å². The predicted molar refractivity (Wildman–Crippen MR) is 83.7 cm³/mol. The van der Waals surface area contributed by atoms with Gasteiger partial charge in [0.1, 0.15) is 0 Å². The molecule has 0 aromatic heterocycles. The predicted octanol–water partition coefficient (Wildman–Crippen LogP) is 2.89. The van der Waals surface area contributed by atoms with E-state index in [1.165, 1.54) is 6.08 Å². The number of benzene rings is 2. The van der Waals surface area contributed by atoms with E-state index in [1.807, 2.05) is 37.3 Å². The summed E-state index contributed by atoms with van der Waals surface area (Å²) in [6.07, 6.45) is 0.885. The van der Waals surface area contributed by atoms with Crippen LogP contribution in [0.4, 0.5) is 0 Å². The van der Waals surface area contributed by atoms with Gasteiger partial charge in [0, 0.05) is 11.8 Å². The van der Waals surface area contributed by atoms with Crippen molar-refractivity contribution in [2.75, 3.05) is 0 Å². The smallest absolute Gasteiger partial charge is 0.199 e. The molecule has 0 aliphatic heterocycles. The third-order valence-corrected chi connectivity index (χ3v) is 4.56. The van der Waals surface area contributed by atoms with E-state index < -0.39 is 15.9 Å². The monoisotopic (exact) mass is 302 g/mol. The van der Waals surface area contributed by atoms with Gasteiger partial charge in [-0.15, -0.1) is 0 Å². The van der Waals surface area contributed by atoms with Crippen LogP contribution in [0.15, 0.2) is 71.0 Å². The summed E-state index contributed by atoms with van der Waals surface area (Å²) < 4.78 is 24.2. The molecule has 0 spiro atoms. The molecule has 0 saturated carbocycles. The Labute approximate surface area is 125 Å². The summed E-state index contributed by atoms with van der Waals surface area (Å²) in [4.78, 5) is 0.233. The first-order valence-corrected chi connectivity index (χ1v) is 8.24. The summed E-state index contributed by atoms with van der Waals surface area (Å²) in [7, 11) is -3.50. The number of aliphatic hydroxyl groups is 1. The van der Waals surface area contributed by atoms with Crippen LogP contribution >= 0.6 is 0 Å². The summed E-state index contributed by atoms with van der Waals surface area (Å²) in [6.45, 7) is 1.90. The normalized spacial score (nSPS) is 13.4. The minimum absolute atomic E-state index is 0.233. The fraction of sp³-hybridized carbons (Fsp3) is 0.176. The molecule has 0 aliphatic rings. The molecule has 0 aliphatic carbocycles. The van der Waals surface area contributed by atoms with Crippen molar-refractivity contribution >= 4 is 9.84 Å². The molecule has 3 nitrogen and oxygen atoms in total. The van der Waals surface area contributed by atoms with E-state index in [0.717, 1.165) is 16.5 Å². The first kappa shape index (κ1) is 15.5. The Hall–Kier alpha value is -1.91. The molecule has 110 valence electrons. The average molecular weight is 302 g/mol. The molecule has 0 fully saturated rings. The third-order valence-electron chi connectivity index (χ3n) is 3.12. The molecule has 0 bridgehead atoms. The van der Waals surface area contributed by atoms with Gasteiger partial charge in [-0.25, -0.2) is 8.42 Å². The molecule has 2 aromatic carbocycles. The number of rotatable bonds is 5. The Morgan fingerprint density at radius 3 is 2.29 bits per heavy atom. The van der Waals surface area contributed by atoms with Crippen molar-refractivity contribution in [2.24, 2.45) is 0 Å². The van der Waals surface area contributed by atoms with Gasteiger partial charge >= 0.3 is 0 Å². The Morgan fingerprint density at radius 2 is 1.67 bits per heavy atom. The van der Waals surface area contributed by atoms with Crippen molar-refractivity contribution < 1.29 is 13.5 Å². The largest absolute Gasteiger partial charge is 0.389 e. The molecule has 0 amide bonds. The number of aliphatic hydroxyl groups excluding tert-OH is 1. The van der Waals surface area contributed by atoms with Gasteiger partial charge in [0.15, 0.2) is 9.84 Å². The zero-order valence-electron chi connectivity index (χ0n) is 11.8. The Kier molecular flexibility index (Phi) is 4.94.